The van der Waals surface area contributed by atoms with E-state index < -0.39 is 0 Å². The van der Waals surface area contributed by atoms with Crippen molar-refractivity contribution in [3.05, 3.63) is 0 Å². The molecule has 4 heteroatoms. The van der Waals surface area contributed by atoms with Crippen molar-refractivity contribution >= 4 is 0 Å². The summed E-state index contributed by atoms with van der Waals surface area (Å²) in [6.45, 7) is 4.91. The van der Waals surface area contributed by atoms with Crippen molar-refractivity contribution in [3.8, 4) is 0 Å². The van der Waals surface area contributed by atoms with E-state index in [0.29, 0.717) is 12.1 Å². The predicted octanol–water partition coefficient (Wildman–Crippen LogP) is 2.56. The zero-order valence-electron chi connectivity index (χ0n) is 13.1. The van der Waals surface area contributed by atoms with E-state index in [9.17, 15) is 0 Å². The van der Waals surface area contributed by atoms with Crippen LogP contribution in [0.5, 0.6) is 0 Å². The van der Waals surface area contributed by atoms with Crippen LogP contribution in [0.15, 0.2) is 0 Å². The van der Waals surface area contributed by atoms with Gasteiger partial charge in [-0.15, -0.1) is 0 Å². The first-order chi connectivity index (χ1) is 10.3. The van der Waals surface area contributed by atoms with Crippen LogP contribution in [-0.4, -0.2) is 55.7 Å². The van der Waals surface area contributed by atoms with E-state index in [4.69, 9.17) is 14.2 Å². The summed E-state index contributed by atoms with van der Waals surface area (Å²) in [5, 5.41) is 0. The van der Waals surface area contributed by atoms with Crippen molar-refractivity contribution in [2.45, 2.75) is 69.3 Å². The molecule has 0 N–H and O–H groups in total. The van der Waals surface area contributed by atoms with Gasteiger partial charge in [-0.3, -0.25) is 4.90 Å². The molecule has 0 bridgehead atoms. The lowest BCUT2D eigenvalue weighted by molar-refractivity contribution is -0.184. The third-order valence-corrected chi connectivity index (χ3v) is 6.02. The zero-order valence-corrected chi connectivity index (χ0v) is 13.1. The first-order valence-electron chi connectivity index (χ1n) is 8.98. The standard InChI is InChI=1S/C17H29NO3/c1-2-4-16-15(3-1)18(9-10-19-16)13-14-5-7-17(8-6-14)20-11-12-21-17/h14-16H,1-13H2/t15-,16-/m1/s1. The van der Waals surface area contributed by atoms with Gasteiger partial charge in [0, 0.05) is 32.0 Å². The van der Waals surface area contributed by atoms with Crippen LogP contribution in [0.3, 0.4) is 0 Å². The molecule has 0 unspecified atom stereocenters. The molecule has 2 aliphatic heterocycles. The zero-order chi connectivity index (χ0) is 14.1. The Morgan fingerprint density at radius 1 is 0.905 bits per heavy atom. The molecule has 2 aliphatic carbocycles. The molecule has 2 heterocycles. The van der Waals surface area contributed by atoms with Crippen molar-refractivity contribution in [2.24, 2.45) is 5.92 Å². The van der Waals surface area contributed by atoms with Crippen LogP contribution in [0, 0.1) is 5.92 Å². The second-order valence-corrected chi connectivity index (χ2v) is 7.31. The lowest BCUT2D eigenvalue weighted by Crippen LogP contribution is -2.54. The average Bonchev–Trinajstić information content (AvgIpc) is 2.99. The monoisotopic (exact) mass is 295 g/mol. The van der Waals surface area contributed by atoms with E-state index in [2.05, 4.69) is 4.90 Å². The van der Waals surface area contributed by atoms with Gasteiger partial charge in [-0.2, -0.15) is 0 Å². The lowest BCUT2D eigenvalue weighted by Gasteiger charge is -2.46. The highest BCUT2D eigenvalue weighted by molar-refractivity contribution is 4.90. The molecule has 120 valence electrons. The summed E-state index contributed by atoms with van der Waals surface area (Å²) in [4.78, 5) is 2.74. The molecule has 4 fully saturated rings. The van der Waals surface area contributed by atoms with Gasteiger partial charge in [0.25, 0.3) is 0 Å². The minimum absolute atomic E-state index is 0.200. The van der Waals surface area contributed by atoms with Crippen LogP contribution in [0.1, 0.15) is 51.4 Å². The number of fused-ring (bicyclic) bond motifs is 1. The van der Waals surface area contributed by atoms with Crippen molar-refractivity contribution in [2.75, 3.05) is 32.9 Å². The number of ether oxygens (including phenoxy) is 3. The highest BCUT2D eigenvalue weighted by atomic mass is 16.7. The third-order valence-electron chi connectivity index (χ3n) is 6.02. The van der Waals surface area contributed by atoms with Crippen LogP contribution in [0.4, 0.5) is 0 Å². The maximum atomic E-state index is 6.00. The second-order valence-electron chi connectivity index (χ2n) is 7.31. The van der Waals surface area contributed by atoms with Gasteiger partial charge in [0.05, 0.1) is 25.9 Å². The Hall–Kier alpha value is -0.160. The maximum absolute atomic E-state index is 6.00. The topological polar surface area (TPSA) is 30.9 Å². The first-order valence-corrected chi connectivity index (χ1v) is 8.98. The van der Waals surface area contributed by atoms with Gasteiger partial charge in [-0.05, 0) is 31.6 Å². The van der Waals surface area contributed by atoms with Crippen LogP contribution in [0.25, 0.3) is 0 Å². The summed E-state index contributed by atoms with van der Waals surface area (Å²) in [6.07, 6.45) is 10.6. The molecule has 0 radical (unpaired) electrons. The molecular weight excluding hydrogens is 266 g/mol. The van der Waals surface area contributed by atoms with Crippen LogP contribution >= 0.6 is 0 Å². The molecular formula is C17H29NO3. The van der Waals surface area contributed by atoms with Gasteiger partial charge in [0.15, 0.2) is 5.79 Å². The molecule has 0 aromatic rings. The van der Waals surface area contributed by atoms with E-state index >= 15 is 0 Å². The van der Waals surface area contributed by atoms with Crippen LogP contribution in [-0.2, 0) is 14.2 Å². The van der Waals surface area contributed by atoms with Gasteiger partial charge >= 0.3 is 0 Å². The molecule has 21 heavy (non-hydrogen) atoms. The summed E-state index contributed by atoms with van der Waals surface area (Å²) >= 11 is 0. The Morgan fingerprint density at radius 2 is 1.67 bits per heavy atom. The molecule has 0 amide bonds. The Balaban J connectivity index is 1.31. The molecule has 2 saturated heterocycles. The molecule has 1 spiro atoms. The van der Waals surface area contributed by atoms with E-state index in [1.807, 2.05) is 0 Å². The number of nitrogens with zero attached hydrogens (tertiary/aromatic N) is 1. The van der Waals surface area contributed by atoms with Gasteiger partial charge < -0.3 is 14.2 Å². The summed E-state index contributed by atoms with van der Waals surface area (Å²) < 4.78 is 17.7. The van der Waals surface area contributed by atoms with E-state index in [1.54, 1.807) is 0 Å². The fourth-order valence-electron chi connectivity index (χ4n) is 4.82. The molecule has 0 aromatic heterocycles. The molecule has 0 aromatic carbocycles. The maximum Gasteiger partial charge on any atom is 0.168 e. The average molecular weight is 295 g/mol. The Labute approximate surface area is 128 Å². The summed E-state index contributed by atoms with van der Waals surface area (Å²) in [5.41, 5.74) is 0. The number of rotatable bonds is 2. The fourth-order valence-corrected chi connectivity index (χ4v) is 4.82. The molecule has 2 saturated carbocycles. The molecule has 2 atom stereocenters. The normalized spacial score (nSPS) is 37.7. The Morgan fingerprint density at radius 3 is 2.48 bits per heavy atom. The highest BCUT2D eigenvalue weighted by Gasteiger charge is 2.41. The van der Waals surface area contributed by atoms with Gasteiger partial charge in [0.2, 0.25) is 0 Å². The van der Waals surface area contributed by atoms with E-state index in [1.165, 1.54) is 45.1 Å². The number of morpholine rings is 1. The van der Waals surface area contributed by atoms with Gasteiger partial charge in [-0.1, -0.05) is 12.8 Å². The third kappa shape index (κ3) is 3.00. The first kappa shape index (κ1) is 14.4. The van der Waals surface area contributed by atoms with Crippen LogP contribution < -0.4 is 0 Å². The smallest absolute Gasteiger partial charge is 0.168 e. The Bertz CT molecular complexity index is 344. The van der Waals surface area contributed by atoms with E-state index in [0.717, 1.165) is 45.1 Å². The van der Waals surface area contributed by atoms with Crippen molar-refractivity contribution < 1.29 is 14.2 Å². The largest absolute Gasteiger partial charge is 0.375 e. The van der Waals surface area contributed by atoms with Gasteiger partial charge in [-0.25, -0.2) is 0 Å². The number of hydrogen-bond acceptors (Lipinski definition) is 4. The summed E-state index contributed by atoms with van der Waals surface area (Å²) in [7, 11) is 0. The number of hydrogen-bond donors (Lipinski definition) is 0. The SMILES string of the molecule is C1CC[C@H]2OCCN(CC3CCC4(CC3)OCCO4)[C@@H]2C1. The van der Waals surface area contributed by atoms with Crippen molar-refractivity contribution in [1.29, 1.82) is 0 Å². The van der Waals surface area contributed by atoms with Crippen molar-refractivity contribution in [3.63, 3.8) is 0 Å². The van der Waals surface area contributed by atoms with Gasteiger partial charge in [0.1, 0.15) is 0 Å². The quantitative estimate of drug-likeness (QED) is 0.783. The molecule has 4 aliphatic rings. The lowest BCUT2D eigenvalue weighted by atomic mass is 9.83. The molecule has 4 nitrogen and oxygen atoms in total. The second kappa shape index (κ2) is 6.15. The summed E-state index contributed by atoms with van der Waals surface area (Å²) in [5.74, 6) is 0.624. The predicted molar refractivity (Wildman–Crippen MR) is 80.2 cm³/mol. The summed E-state index contributed by atoms with van der Waals surface area (Å²) in [6, 6.07) is 0.697. The Kier molecular flexibility index (Phi) is 4.23. The molecule has 4 rings (SSSR count). The minimum Gasteiger partial charge on any atom is -0.375 e. The minimum atomic E-state index is -0.200. The van der Waals surface area contributed by atoms with Crippen molar-refractivity contribution in [1.82, 2.24) is 4.90 Å². The van der Waals surface area contributed by atoms with Crippen LogP contribution in [0.2, 0.25) is 0 Å². The van der Waals surface area contributed by atoms with E-state index in [-0.39, 0.29) is 5.79 Å². The fraction of sp³-hybridized carbons (Fsp3) is 1.00. The highest BCUT2D eigenvalue weighted by Crippen LogP contribution is 2.39.